The van der Waals surface area contributed by atoms with Crippen LogP contribution in [0.25, 0.3) is 0 Å². The average molecular weight is 494 g/mol. The van der Waals surface area contributed by atoms with Crippen molar-refractivity contribution in [2.45, 2.75) is 4.87 Å². The van der Waals surface area contributed by atoms with E-state index in [0.717, 1.165) is 0 Å². The smallest absolute Gasteiger partial charge is 0.269 e. The van der Waals surface area contributed by atoms with E-state index in [1.807, 2.05) is 18.2 Å². The quantitative estimate of drug-likeness (QED) is 0.574. The van der Waals surface area contributed by atoms with Gasteiger partial charge in [0.2, 0.25) is 16.7 Å². The van der Waals surface area contributed by atoms with Crippen LogP contribution >= 0.6 is 23.4 Å². The monoisotopic (exact) mass is 493 g/mol. The van der Waals surface area contributed by atoms with E-state index in [1.165, 1.54) is 21.6 Å². The van der Waals surface area contributed by atoms with E-state index in [-0.39, 0.29) is 30.0 Å². The predicted octanol–water partition coefficient (Wildman–Crippen LogP) is 4.27. The van der Waals surface area contributed by atoms with Crippen molar-refractivity contribution in [2.75, 3.05) is 34.5 Å². The highest BCUT2D eigenvalue weighted by molar-refractivity contribution is 8.02. The normalized spacial score (nSPS) is 19.0. The number of halogens is 1. The SMILES string of the molecule is COc1ccc(NC(=O)CN2C(=O)[C@@]3(SCC(=O)N3c3cccc(Cl)c3)c3ccccc32)cc1. The third-order valence-electron chi connectivity index (χ3n) is 5.81. The lowest BCUT2D eigenvalue weighted by Gasteiger charge is -2.33. The molecule has 34 heavy (non-hydrogen) atoms. The van der Waals surface area contributed by atoms with Crippen LogP contribution in [0.2, 0.25) is 5.02 Å². The van der Waals surface area contributed by atoms with E-state index in [4.69, 9.17) is 16.3 Å². The molecule has 0 unspecified atom stereocenters. The summed E-state index contributed by atoms with van der Waals surface area (Å²) in [4.78, 5) is 41.5. The van der Waals surface area contributed by atoms with E-state index in [0.29, 0.717) is 33.4 Å². The highest BCUT2D eigenvalue weighted by Crippen LogP contribution is 2.55. The van der Waals surface area contributed by atoms with Crippen LogP contribution in [0.3, 0.4) is 0 Å². The van der Waals surface area contributed by atoms with Gasteiger partial charge in [-0.2, -0.15) is 0 Å². The largest absolute Gasteiger partial charge is 0.497 e. The fourth-order valence-corrected chi connectivity index (χ4v) is 5.89. The second-order valence-electron chi connectivity index (χ2n) is 7.83. The molecule has 3 aromatic carbocycles. The van der Waals surface area contributed by atoms with Crippen molar-refractivity contribution < 1.29 is 19.1 Å². The number of hydrogen-bond donors (Lipinski definition) is 1. The van der Waals surface area contributed by atoms with Gasteiger partial charge in [0.05, 0.1) is 18.6 Å². The average Bonchev–Trinajstić information content (AvgIpc) is 3.30. The molecule has 3 aromatic rings. The van der Waals surface area contributed by atoms with Gasteiger partial charge in [0.1, 0.15) is 12.3 Å². The molecule has 2 heterocycles. The lowest BCUT2D eigenvalue weighted by molar-refractivity contribution is -0.124. The van der Waals surface area contributed by atoms with E-state index >= 15 is 0 Å². The number of nitrogens with zero attached hydrogens (tertiary/aromatic N) is 2. The summed E-state index contributed by atoms with van der Waals surface area (Å²) in [5, 5.41) is 3.28. The molecule has 3 amide bonds. The first-order valence-electron chi connectivity index (χ1n) is 10.5. The van der Waals surface area contributed by atoms with E-state index in [1.54, 1.807) is 61.7 Å². The Hall–Kier alpha value is -3.49. The summed E-state index contributed by atoms with van der Waals surface area (Å²) in [6.07, 6.45) is 0. The fourth-order valence-electron chi connectivity index (χ4n) is 4.35. The Morgan fingerprint density at radius 1 is 1.09 bits per heavy atom. The Kier molecular flexibility index (Phi) is 5.71. The van der Waals surface area contributed by atoms with Crippen LogP contribution in [0.15, 0.2) is 72.8 Å². The predicted molar refractivity (Wildman–Crippen MR) is 133 cm³/mol. The zero-order valence-corrected chi connectivity index (χ0v) is 19.7. The van der Waals surface area contributed by atoms with Crippen LogP contribution in [0.1, 0.15) is 5.56 Å². The first-order valence-corrected chi connectivity index (χ1v) is 11.9. The highest BCUT2D eigenvalue weighted by atomic mass is 35.5. The van der Waals surface area contributed by atoms with Crippen LogP contribution in [0, 0.1) is 0 Å². The number of benzene rings is 3. The van der Waals surface area contributed by atoms with Gasteiger partial charge in [-0.1, -0.05) is 35.9 Å². The van der Waals surface area contributed by atoms with Gasteiger partial charge in [-0.3, -0.25) is 24.2 Å². The number of carbonyl (C=O) groups excluding carboxylic acids is 3. The summed E-state index contributed by atoms with van der Waals surface area (Å²) in [7, 11) is 1.57. The molecule has 172 valence electrons. The third kappa shape index (κ3) is 3.59. The van der Waals surface area contributed by atoms with Crippen molar-refractivity contribution in [2.24, 2.45) is 0 Å². The molecule has 0 aromatic heterocycles. The zero-order valence-electron chi connectivity index (χ0n) is 18.2. The molecular formula is C25H20ClN3O4S. The molecule has 7 nitrogen and oxygen atoms in total. The minimum Gasteiger partial charge on any atom is -0.497 e. The van der Waals surface area contributed by atoms with Crippen molar-refractivity contribution in [3.63, 3.8) is 0 Å². The minimum atomic E-state index is -1.29. The Morgan fingerprint density at radius 2 is 1.85 bits per heavy atom. The number of amides is 3. The van der Waals surface area contributed by atoms with Gasteiger partial charge < -0.3 is 10.1 Å². The Balaban J connectivity index is 1.48. The summed E-state index contributed by atoms with van der Waals surface area (Å²) < 4.78 is 5.14. The molecule has 1 spiro atoms. The van der Waals surface area contributed by atoms with Gasteiger partial charge in [0.25, 0.3) is 5.91 Å². The Bertz CT molecular complexity index is 1300. The third-order valence-corrected chi connectivity index (χ3v) is 7.43. The summed E-state index contributed by atoms with van der Waals surface area (Å²) in [6.45, 7) is -0.193. The van der Waals surface area contributed by atoms with Crippen molar-refractivity contribution in [3.05, 3.63) is 83.4 Å². The molecule has 2 aliphatic rings. The number of ether oxygens (including phenoxy) is 1. The molecule has 0 aliphatic carbocycles. The second-order valence-corrected chi connectivity index (χ2v) is 9.43. The molecule has 0 saturated carbocycles. The van der Waals surface area contributed by atoms with Crippen molar-refractivity contribution in [3.8, 4) is 5.75 Å². The molecule has 0 bridgehead atoms. The number of hydrogen-bond acceptors (Lipinski definition) is 5. The number of nitrogens with one attached hydrogen (secondary N) is 1. The maximum atomic E-state index is 14.0. The van der Waals surface area contributed by atoms with Gasteiger partial charge in [-0.25, -0.2) is 0 Å². The summed E-state index contributed by atoms with van der Waals surface area (Å²) in [6, 6.07) is 21.1. The molecule has 1 saturated heterocycles. The van der Waals surface area contributed by atoms with Crippen LogP contribution in [0.5, 0.6) is 5.75 Å². The van der Waals surface area contributed by atoms with Crippen molar-refractivity contribution >= 4 is 58.1 Å². The van der Waals surface area contributed by atoms with Gasteiger partial charge in [-0.15, -0.1) is 11.8 Å². The molecule has 1 atom stereocenters. The molecule has 1 N–H and O–H groups in total. The lowest BCUT2D eigenvalue weighted by atomic mass is 10.0. The molecule has 1 fully saturated rings. The number of rotatable bonds is 5. The van der Waals surface area contributed by atoms with Crippen molar-refractivity contribution in [1.29, 1.82) is 0 Å². The van der Waals surface area contributed by atoms with Gasteiger partial charge >= 0.3 is 0 Å². The van der Waals surface area contributed by atoms with Gasteiger partial charge in [0.15, 0.2) is 0 Å². The van der Waals surface area contributed by atoms with E-state index in [9.17, 15) is 14.4 Å². The van der Waals surface area contributed by atoms with Gasteiger partial charge in [-0.05, 0) is 48.5 Å². The summed E-state index contributed by atoms with van der Waals surface area (Å²) >= 11 is 7.45. The zero-order chi connectivity index (χ0) is 23.9. The standard InChI is InChI=1S/C25H20ClN3O4S/c1-33-19-11-9-17(10-12-19)27-22(30)14-28-21-8-3-2-7-20(21)25(24(28)32)29(23(31)15-34-25)18-6-4-5-16(26)13-18/h2-13H,14-15H2,1H3,(H,27,30)/t25-/m0/s1. The first-order chi connectivity index (χ1) is 16.4. The van der Waals surface area contributed by atoms with Crippen LogP contribution in [-0.4, -0.2) is 37.1 Å². The lowest BCUT2D eigenvalue weighted by Crippen LogP contribution is -2.50. The molecule has 0 radical (unpaired) electrons. The Morgan fingerprint density at radius 3 is 2.59 bits per heavy atom. The molecular weight excluding hydrogens is 474 g/mol. The fraction of sp³-hybridized carbons (Fsp3) is 0.160. The van der Waals surface area contributed by atoms with E-state index in [2.05, 4.69) is 5.32 Å². The topological polar surface area (TPSA) is 79.0 Å². The number of methoxy groups -OCH3 is 1. The number of anilines is 3. The summed E-state index contributed by atoms with van der Waals surface area (Å²) in [5.41, 5.74) is 2.40. The minimum absolute atomic E-state index is 0.137. The maximum absolute atomic E-state index is 14.0. The van der Waals surface area contributed by atoms with Crippen LogP contribution < -0.4 is 19.9 Å². The second kappa shape index (κ2) is 8.70. The maximum Gasteiger partial charge on any atom is 0.269 e. The van der Waals surface area contributed by atoms with Crippen LogP contribution in [0.4, 0.5) is 17.1 Å². The Labute approximate surface area is 205 Å². The number of para-hydroxylation sites is 1. The molecule has 9 heteroatoms. The van der Waals surface area contributed by atoms with Gasteiger partial charge in [0, 0.05) is 22.0 Å². The molecule has 2 aliphatic heterocycles. The summed E-state index contributed by atoms with van der Waals surface area (Å²) in [5.74, 6) is -0.0747. The van der Waals surface area contributed by atoms with E-state index < -0.39 is 4.87 Å². The number of fused-ring (bicyclic) bond motifs is 2. The van der Waals surface area contributed by atoms with Crippen molar-refractivity contribution in [1.82, 2.24) is 0 Å². The number of carbonyl (C=O) groups is 3. The molecule has 5 rings (SSSR count). The first kappa shape index (κ1) is 22.3. The number of thioether (sulfide) groups is 1. The van der Waals surface area contributed by atoms with Crippen LogP contribution in [-0.2, 0) is 19.3 Å². The highest BCUT2D eigenvalue weighted by Gasteiger charge is 2.61.